The Morgan fingerprint density at radius 2 is 2.05 bits per heavy atom. The van der Waals surface area contributed by atoms with Crippen LogP contribution in [0.5, 0.6) is 0 Å². The number of benzene rings is 1. The first-order valence-corrected chi connectivity index (χ1v) is 7.05. The zero-order valence-corrected chi connectivity index (χ0v) is 11.9. The zero-order valence-electron chi connectivity index (χ0n) is 11.9. The molecule has 20 heavy (non-hydrogen) atoms. The van der Waals surface area contributed by atoms with Gasteiger partial charge in [-0.15, -0.1) is 0 Å². The second-order valence-corrected chi connectivity index (χ2v) is 5.12. The van der Waals surface area contributed by atoms with Gasteiger partial charge in [0.15, 0.2) is 0 Å². The summed E-state index contributed by atoms with van der Waals surface area (Å²) in [6, 6.07) is 8.38. The third-order valence-corrected chi connectivity index (χ3v) is 3.90. The maximum atomic E-state index is 5.54. The summed E-state index contributed by atoms with van der Waals surface area (Å²) in [4.78, 5) is 9.04. The van der Waals surface area contributed by atoms with E-state index in [0.29, 0.717) is 12.0 Å². The third-order valence-electron chi connectivity index (χ3n) is 3.90. The van der Waals surface area contributed by atoms with Crippen LogP contribution in [0.25, 0.3) is 10.9 Å². The number of hydrogen-bond acceptors (Lipinski definition) is 5. The molecule has 0 aliphatic heterocycles. The van der Waals surface area contributed by atoms with Crippen molar-refractivity contribution < 1.29 is 4.74 Å². The van der Waals surface area contributed by atoms with Crippen molar-refractivity contribution in [1.82, 2.24) is 9.97 Å². The van der Waals surface area contributed by atoms with E-state index in [-0.39, 0.29) is 6.10 Å². The fourth-order valence-electron chi connectivity index (χ4n) is 2.85. The number of rotatable bonds is 4. The molecule has 0 spiro atoms. The van der Waals surface area contributed by atoms with E-state index in [4.69, 9.17) is 4.74 Å². The number of para-hydroxylation sites is 1. The molecule has 2 N–H and O–H groups in total. The van der Waals surface area contributed by atoms with Gasteiger partial charge in [-0.1, -0.05) is 12.1 Å². The molecule has 2 aromatic rings. The van der Waals surface area contributed by atoms with Gasteiger partial charge in [0.1, 0.15) is 5.82 Å². The van der Waals surface area contributed by atoms with Crippen LogP contribution in [0.3, 0.4) is 0 Å². The third kappa shape index (κ3) is 2.41. The van der Waals surface area contributed by atoms with E-state index in [1.165, 1.54) is 6.42 Å². The van der Waals surface area contributed by atoms with Crippen molar-refractivity contribution in [3.63, 3.8) is 0 Å². The largest absolute Gasteiger partial charge is 0.379 e. The van der Waals surface area contributed by atoms with Gasteiger partial charge in [-0.3, -0.25) is 0 Å². The zero-order chi connectivity index (χ0) is 13.9. The molecule has 0 saturated heterocycles. The average Bonchev–Trinajstić information content (AvgIpc) is 2.94. The quantitative estimate of drug-likeness (QED) is 0.896. The highest BCUT2D eigenvalue weighted by molar-refractivity contribution is 5.90. The number of anilines is 2. The van der Waals surface area contributed by atoms with E-state index in [2.05, 4.69) is 20.6 Å². The summed E-state index contributed by atoms with van der Waals surface area (Å²) < 4.78 is 5.54. The van der Waals surface area contributed by atoms with E-state index in [0.717, 1.165) is 29.6 Å². The van der Waals surface area contributed by atoms with Gasteiger partial charge < -0.3 is 15.4 Å². The molecule has 5 nitrogen and oxygen atoms in total. The molecule has 1 fully saturated rings. The summed E-state index contributed by atoms with van der Waals surface area (Å²) in [5.41, 5.74) is 0.946. The molecule has 1 aromatic carbocycles. The second-order valence-electron chi connectivity index (χ2n) is 5.12. The molecule has 1 saturated carbocycles. The topological polar surface area (TPSA) is 59.1 Å². The Kier molecular flexibility index (Phi) is 3.69. The van der Waals surface area contributed by atoms with Gasteiger partial charge in [-0.2, -0.15) is 4.98 Å². The van der Waals surface area contributed by atoms with Gasteiger partial charge in [0, 0.05) is 19.5 Å². The molecule has 1 aliphatic carbocycles. The molecule has 2 atom stereocenters. The number of nitrogens with one attached hydrogen (secondary N) is 2. The summed E-state index contributed by atoms with van der Waals surface area (Å²) >= 11 is 0. The van der Waals surface area contributed by atoms with Gasteiger partial charge in [-0.05, 0) is 31.4 Å². The van der Waals surface area contributed by atoms with Crippen LogP contribution in [0, 0.1) is 0 Å². The summed E-state index contributed by atoms with van der Waals surface area (Å²) in [6.45, 7) is 0. The van der Waals surface area contributed by atoms with Crippen LogP contribution in [0.4, 0.5) is 11.8 Å². The standard InChI is InChI=1S/C15H20N4O/c1-16-15-18-11-7-4-3-6-10(11)14(19-15)17-12-8-5-9-13(12)20-2/h3-4,6-7,12-13H,5,8-9H2,1-2H3,(H2,16,17,18,19). The first-order valence-electron chi connectivity index (χ1n) is 7.05. The van der Waals surface area contributed by atoms with E-state index >= 15 is 0 Å². The Morgan fingerprint density at radius 1 is 1.20 bits per heavy atom. The van der Waals surface area contributed by atoms with Crippen LogP contribution < -0.4 is 10.6 Å². The number of nitrogens with zero attached hydrogens (tertiary/aromatic N) is 2. The molecular formula is C15H20N4O. The van der Waals surface area contributed by atoms with Crippen LogP contribution in [-0.4, -0.2) is 36.3 Å². The van der Waals surface area contributed by atoms with Gasteiger partial charge >= 0.3 is 0 Å². The number of aromatic nitrogens is 2. The minimum Gasteiger partial charge on any atom is -0.379 e. The highest BCUT2D eigenvalue weighted by Gasteiger charge is 2.27. The Balaban J connectivity index is 1.97. The molecule has 106 valence electrons. The van der Waals surface area contributed by atoms with E-state index in [1.54, 1.807) is 7.11 Å². The van der Waals surface area contributed by atoms with Gasteiger partial charge in [-0.25, -0.2) is 4.98 Å². The van der Waals surface area contributed by atoms with Crippen LogP contribution in [0.2, 0.25) is 0 Å². The Bertz CT molecular complexity index is 601. The normalized spacial score (nSPS) is 22.1. The van der Waals surface area contributed by atoms with Gasteiger partial charge in [0.25, 0.3) is 0 Å². The van der Waals surface area contributed by atoms with Crippen molar-refractivity contribution in [2.24, 2.45) is 0 Å². The molecule has 1 aromatic heterocycles. The van der Waals surface area contributed by atoms with Crippen molar-refractivity contribution in [2.75, 3.05) is 24.8 Å². The lowest BCUT2D eigenvalue weighted by atomic mass is 10.2. The number of fused-ring (bicyclic) bond motifs is 1. The highest BCUT2D eigenvalue weighted by Crippen LogP contribution is 2.28. The maximum absolute atomic E-state index is 5.54. The molecule has 0 radical (unpaired) electrons. The molecule has 0 bridgehead atoms. The van der Waals surface area contributed by atoms with Crippen LogP contribution in [0.1, 0.15) is 19.3 Å². The minimum atomic E-state index is 0.266. The maximum Gasteiger partial charge on any atom is 0.224 e. The predicted octanol–water partition coefficient (Wildman–Crippen LogP) is 2.65. The molecule has 0 amide bonds. The number of methoxy groups -OCH3 is 1. The van der Waals surface area contributed by atoms with E-state index < -0.39 is 0 Å². The van der Waals surface area contributed by atoms with Crippen LogP contribution in [-0.2, 0) is 4.74 Å². The molecule has 1 aliphatic rings. The Labute approximate surface area is 118 Å². The summed E-state index contributed by atoms with van der Waals surface area (Å²) in [5.74, 6) is 1.52. The van der Waals surface area contributed by atoms with Crippen molar-refractivity contribution in [3.8, 4) is 0 Å². The number of hydrogen-bond donors (Lipinski definition) is 2. The smallest absolute Gasteiger partial charge is 0.224 e. The Hall–Kier alpha value is -1.88. The van der Waals surface area contributed by atoms with Crippen LogP contribution in [0.15, 0.2) is 24.3 Å². The SMILES string of the molecule is CNc1nc(NC2CCCC2OC)c2ccccc2n1. The number of ether oxygens (including phenoxy) is 1. The molecular weight excluding hydrogens is 252 g/mol. The first kappa shape index (κ1) is 13.1. The van der Waals surface area contributed by atoms with Crippen molar-refractivity contribution in [1.29, 1.82) is 0 Å². The minimum absolute atomic E-state index is 0.266. The highest BCUT2D eigenvalue weighted by atomic mass is 16.5. The summed E-state index contributed by atoms with van der Waals surface area (Å²) in [7, 11) is 3.61. The summed E-state index contributed by atoms with van der Waals surface area (Å²) in [5, 5.41) is 7.61. The van der Waals surface area contributed by atoms with Crippen molar-refractivity contribution in [2.45, 2.75) is 31.4 Å². The van der Waals surface area contributed by atoms with E-state index in [9.17, 15) is 0 Å². The molecule has 5 heteroatoms. The Morgan fingerprint density at radius 3 is 2.85 bits per heavy atom. The van der Waals surface area contributed by atoms with E-state index in [1.807, 2.05) is 31.3 Å². The van der Waals surface area contributed by atoms with Crippen molar-refractivity contribution in [3.05, 3.63) is 24.3 Å². The lowest BCUT2D eigenvalue weighted by molar-refractivity contribution is 0.101. The molecule has 3 rings (SSSR count). The monoisotopic (exact) mass is 272 g/mol. The summed E-state index contributed by atoms with van der Waals surface area (Å²) in [6.07, 6.45) is 3.68. The molecule has 2 unspecified atom stereocenters. The lowest BCUT2D eigenvalue weighted by Gasteiger charge is -2.21. The van der Waals surface area contributed by atoms with Crippen molar-refractivity contribution >= 4 is 22.7 Å². The van der Waals surface area contributed by atoms with Gasteiger partial charge in [0.2, 0.25) is 5.95 Å². The van der Waals surface area contributed by atoms with Crippen LogP contribution >= 0.6 is 0 Å². The fraction of sp³-hybridized carbons (Fsp3) is 0.467. The second kappa shape index (κ2) is 5.63. The van der Waals surface area contributed by atoms with Gasteiger partial charge in [0.05, 0.1) is 17.7 Å². The fourth-order valence-corrected chi connectivity index (χ4v) is 2.85. The molecule has 1 heterocycles. The average molecular weight is 272 g/mol. The lowest BCUT2D eigenvalue weighted by Crippen LogP contribution is -2.30. The predicted molar refractivity (Wildman–Crippen MR) is 81.1 cm³/mol. The first-order chi connectivity index (χ1) is 9.81.